The molecule has 0 saturated heterocycles. The molecule has 0 aliphatic rings. The zero-order valence-electron chi connectivity index (χ0n) is 11.9. The van der Waals surface area contributed by atoms with Gasteiger partial charge in [0.1, 0.15) is 17.3 Å². The zero-order chi connectivity index (χ0) is 17.1. The molecule has 0 amide bonds. The van der Waals surface area contributed by atoms with Crippen LogP contribution in [0.2, 0.25) is 10.0 Å². The minimum absolute atomic E-state index is 0.107. The lowest BCUT2D eigenvalue weighted by molar-refractivity contribution is 0.590. The first-order chi connectivity index (χ1) is 11.5. The predicted molar refractivity (Wildman–Crippen MR) is 89.2 cm³/mol. The molecule has 24 heavy (non-hydrogen) atoms. The summed E-state index contributed by atoms with van der Waals surface area (Å²) >= 11 is 11.8. The van der Waals surface area contributed by atoms with Gasteiger partial charge in [0, 0.05) is 15.7 Å². The van der Waals surface area contributed by atoms with E-state index in [2.05, 4.69) is 25.8 Å². The van der Waals surface area contributed by atoms with Gasteiger partial charge in [-0.15, -0.1) is 5.10 Å². The molecule has 0 radical (unpaired) electrons. The van der Waals surface area contributed by atoms with Crippen molar-refractivity contribution in [2.24, 2.45) is 0 Å². The van der Waals surface area contributed by atoms with Gasteiger partial charge in [-0.25, -0.2) is 8.78 Å². The molecule has 1 heterocycles. The van der Waals surface area contributed by atoms with Crippen LogP contribution in [0.4, 0.5) is 31.9 Å². The molecular formula is C15H9Cl2F2N5. The van der Waals surface area contributed by atoms with E-state index in [0.29, 0.717) is 15.7 Å². The molecule has 122 valence electrons. The number of benzene rings is 2. The van der Waals surface area contributed by atoms with Crippen molar-refractivity contribution in [2.45, 2.75) is 0 Å². The van der Waals surface area contributed by atoms with Crippen LogP contribution in [0.5, 0.6) is 0 Å². The molecule has 2 N–H and O–H groups in total. The maximum atomic E-state index is 13.7. The van der Waals surface area contributed by atoms with Gasteiger partial charge in [0.2, 0.25) is 5.95 Å². The highest BCUT2D eigenvalue weighted by molar-refractivity contribution is 6.35. The second kappa shape index (κ2) is 6.94. The van der Waals surface area contributed by atoms with E-state index in [1.54, 1.807) is 18.2 Å². The molecule has 0 atom stereocenters. The van der Waals surface area contributed by atoms with Crippen LogP contribution in [0.1, 0.15) is 0 Å². The Kier molecular flexibility index (Phi) is 4.73. The van der Waals surface area contributed by atoms with Crippen LogP contribution < -0.4 is 10.6 Å². The summed E-state index contributed by atoms with van der Waals surface area (Å²) in [6.45, 7) is 0. The van der Waals surface area contributed by atoms with Crippen molar-refractivity contribution >= 4 is 46.3 Å². The number of para-hydroxylation sites is 1. The number of halogens is 4. The van der Waals surface area contributed by atoms with Crippen LogP contribution >= 0.6 is 23.2 Å². The zero-order valence-corrected chi connectivity index (χ0v) is 13.4. The van der Waals surface area contributed by atoms with Gasteiger partial charge in [-0.3, -0.25) is 0 Å². The third kappa shape index (κ3) is 3.87. The number of rotatable bonds is 4. The first kappa shape index (κ1) is 16.4. The van der Waals surface area contributed by atoms with E-state index >= 15 is 0 Å². The first-order valence-corrected chi connectivity index (χ1v) is 7.41. The first-order valence-electron chi connectivity index (χ1n) is 6.65. The van der Waals surface area contributed by atoms with Crippen LogP contribution in [-0.4, -0.2) is 15.2 Å². The van der Waals surface area contributed by atoms with Crippen LogP contribution in [0.25, 0.3) is 0 Å². The third-order valence-electron chi connectivity index (χ3n) is 2.89. The summed E-state index contributed by atoms with van der Waals surface area (Å²) < 4.78 is 27.3. The summed E-state index contributed by atoms with van der Waals surface area (Å²) in [5.74, 6) is -1.27. The Bertz CT molecular complexity index is 851. The van der Waals surface area contributed by atoms with Gasteiger partial charge in [-0.05, 0) is 30.3 Å². The molecule has 0 bridgehead atoms. The maximum absolute atomic E-state index is 13.7. The summed E-state index contributed by atoms with van der Waals surface area (Å²) in [4.78, 5) is 4.09. The smallest absolute Gasteiger partial charge is 0.249 e. The number of nitrogens with one attached hydrogen (secondary N) is 2. The van der Waals surface area contributed by atoms with Crippen molar-refractivity contribution in [3.8, 4) is 0 Å². The highest BCUT2D eigenvalue weighted by Gasteiger charge is 2.10. The summed E-state index contributed by atoms with van der Waals surface area (Å²) in [6.07, 6.45) is 1.24. The topological polar surface area (TPSA) is 62.7 Å². The second-order valence-corrected chi connectivity index (χ2v) is 5.54. The monoisotopic (exact) mass is 367 g/mol. The largest absolute Gasteiger partial charge is 0.334 e. The van der Waals surface area contributed by atoms with E-state index < -0.39 is 11.6 Å². The fourth-order valence-corrected chi connectivity index (χ4v) is 2.44. The average Bonchev–Trinajstić information content (AvgIpc) is 2.50. The van der Waals surface area contributed by atoms with Crippen molar-refractivity contribution in [2.75, 3.05) is 10.6 Å². The summed E-state index contributed by atoms with van der Waals surface area (Å²) in [7, 11) is 0. The number of hydrogen-bond acceptors (Lipinski definition) is 5. The van der Waals surface area contributed by atoms with Gasteiger partial charge in [-0.2, -0.15) is 10.1 Å². The van der Waals surface area contributed by atoms with E-state index in [-0.39, 0.29) is 17.5 Å². The van der Waals surface area contributed by atoms with Gasteiger partial charge in [0.25, 0.3) is 0 Å². The fourth-order valence-electron chi connectivity index (χ4n) is 1.92. The number of nitrogens with zero attached hydrogens (tertiary/aromatic N) is 3. The van der Waals surface area contributed by atoms with Crippen molar-refractivity contribution in [3.05, 3.63) is 64.3 Å². The molecule has 2 aromatic carbocycles. The summed E-state index contributed by atoms with van der Waals surface area (Å²) in [6, 6.07) is 8.34. The SMILES string of the molecule is Fc1cccc(F)c1Nc1cnnc(Nc2cc(Cl)cc(Cl)c2)n1. The lowest BCUT2D eigenvalue weighted by atomic mass is 10.3. The van der Waals surface area contributed by atoms with Gasteiger partial charge in [0.15, 0.2) is 5.82 Å². The molecular weight excluding hydrogens is 359 g/mol. The Hall–Kier alpha value is -2.51. The summed E-state index contributed by atoms with van der Waals surface area (Å²) in [5.41, 5.74) is 0.221. The number of hydrogen-bond donors (Lipinski definition) is 2. The molecule has 1 aromatic heterocycles. The van der Waals surface area contributed by atoms with E-state index in [0.717, 1.165) is 12.1 Å². The Morgan fingerprint density at radius 3 is 2.25 bits per heavy atom. The Labute approximate surface area is 145 Å². The van der Waals surface area contributed by atoms with Crippen LogP contribution in [0.3, 0.4) is 0 Å². The standard InChI is InChI=1S/C15H9Cl2F2N5/c16-8-4-9(17)6-10(5-8)21-15-23-13(7-20-24-15)22-14-11(18)2-1-3-12(14)19/h1-7H,(H2,21,22,23,24). The lowest BCUT2D eigenvalue weighted by Gasteiger charge is -2.09. The van der Waals surface area contributed by atoms with Crippen LogP contribution in [0, 0.1) is 11.6 Å². The highest BCUT2D eigenvalue weighted by Crippen LogP contribution is 2.25. The van der Waals surface area contributed by atoms with E-state index in [1.165, 1.54) is 12.3 Å². The van der Waals surface area contributed by atoms with Crippen molar-refractivity contribution < 1.29 is 8.78 Å². The Balaban J connectivity index is 1.84. The van der Waals surface area contributed by atoms with Crippen LogP contribution in [0.15, 0.2) is 42.6 Å². The molecule has 0 fully saturated rings. The van der Waals surface area contributed by atoms with Gasteiger partial charge < -0.3 is 10.6 Å². The highest BCUT2D eigenvalue weighted by atomic mass is 35.5. The maximum Gasteiger partial charge on any atom is 0.249 e. The van der Waals surface area contributed by atoms with Crippen molar-refractivity contribution in [1.82, 2.24) is 15.2 Å². The number of anilines is 4. The lowest BCUT2D eigenvalue weighted by Crippen LogP contribution is -2.04. The Morgan fingerprint density at radius 1 is 0.917 bits per heavy atom. The molecule has 3 rings (SSSR count). The van der Waals surface area contributed by atoms with Crippen molar-refractivity contribution in [1.29, 1.82) is 0 Å². The van der Waals surface area contributed by atoms with Crippen LogP contribution in [-0.2, 0) is 0 Å². The van der Waals surface area contributed by atoms with Gasteiger partial charge in [-0.1, -0.05) is 29.3 Å². The van der Waals surface area contributed by atoms with E-state index in [9.17, 15) is 8.78 Å². The van der Waals surface area contributed by atoms with Gasteiger partial charge in [0.05, 0.1) is 6.20 Å². The predicted octanol–water partition coefficient (Wildman–Crippen LogP) is 4.94. The van der Waals surface area contributed by atoms with Crippen molar-refractivity contribution in [3.63, 3.8) is 0 Å². The van der Waals surface area contributed by atoms with E-state index in [1.807, 2.05) is 0 Å². The number of aromatic nitrogens is 3. The summed E-state index contributed by atoms with van der Waals surface area (Å²) in [5, 5.41) is 13.8. The molecule has 0 aliphatic carbocycles. The second-order valence-electron chi connectivity index (χ2n) is 4.67. The molecule has 0 saturated carbocycles. The molecule has 0 aliphatic heterocycles. The Morgan fingerprint density at radius 2 is 1.58 bits per heavy atom. The third-order valence-corrected chi connectivity index (χ3v) is 3.33. The van der Waals surface area contributed by atoms with Gasteiger partial charge >= 0.3 is 0 Å². The molecule has 0 unspecified atom stereocenters. The average molecular weight is 368 g/mol. The molecule has 9 heteroatoms. The molecule has 3 aromatic rings. The minimum Gasteiger partial charge on any atom is -0.334 e. The molecule has 5 nitrogen and oxygen atoms in total. The van der Waals surface area contributed by atoms with E-state index in [4.69, 9.17) is 23.2 Å². The fraction of sp³-hybridized carbons (Fsp3) is 0. The molecule has 0 spiro atoms. The normalized spacial score (nSPS) is 10.5. The quantitative estimate of drug-likeness (QED) is 0.683. The minimum atomic E-state index is -0.746.